The van der Waals surface area contributed by atoms with Gasteiger partial charge in [-0.2, -0.15) is 0 Å². The SMILES string of the molecule is NCCc1cc(I)cc(Cl)n1. The van der Waals surface area contributed by atoms with Crippen molar-refractivity contribution in [2.75, 3.05) is 6.54 Å². The molecule has 0 amide bonds. The zero-order valence-corrected chi connectivity index (χ0v) is 8.76. The van der Waals surface area contributed by atoms with Gasteiger partial charge in [-0.1, -0.05) is 11.6 Å². The Morgan fingerprint density at radius 3 is 2.82 bits per heavy atom. The molecule has 0 aliphatic rings. The van der Waals surface area contributed by atoms with E-state index in [-0.39, 0.29) is 0 Å². The first kappa shape index (κ1) is 9.22. The summed E-state index contributed by atoms with van der Waals surface area (Å²) in [5.41, 5.74) is 6.34. The Morgan fingerprint density at radius 1 is 1.55 bits per heavy atom. The van der Waals surface area contributed by atoms with Crippen LogP contribution >= 0.6 is 34.2 Å². The molecule has 1 rings (SSSR count). The smallest absolute Gasteiger partial charge is 0.130 e. The van der Waals surface area contributed by atoms with E-state index in [1.807, 2.05) is 12.1 Å². The van der Waals surface area contributed by atoms with Gasteiger partial charge in [-0.15, -0.1) is 0 Å². The van der Waals surface area contributed by atoms with Crippen LogP contribution in [0.3, 0.4) is 0 Å². The highest BCUT2D eigenvalue weighted by Gasteiger charge is 1.97. The molecule has 2 nitrogen and oxygen atoms in total. The molecule has 0 aromatic carbocycles. The first-order chi connectivity index (χ1) is 5.22. The largest absolute Gasteiger partial charge is 0.330 e. The van der Waals surface area contributed by atoms with Crippen molar-refractivity contribution in [3.8, 4) is 0 Å². The highest BCUT2D eigenvalue weighted by Crippen LogP contribution is 2.12. The average molecular weight is 283 g/mol. The van der Waals surface area contributed by atoms with E-state index in [1.54, 1.807) is 0 Å². The van der Waals surface area contributed by atoms with Crippen molar-refractivity contribution in [3.05, 3.63) is 26.5 Å². The van der Waals surface area contributed by atoms with E-state index in [9.17, 15) is 0 Å². The maximum atomic E-state index is 5.73. The lowest BCUT2D eigenvalue weighted by atomic mass is 10.3. The topological polar surface area (TPSA) is 38.9 Å². The minimum absolute atomic E-state index is 0.542. The van der Waals surface area contributed by atoms with Crippen LogP contribution in [-0.2, 0) is 6.42 Å². The van der Waals surface area contributed by atoms with Gasteiger partial charge in [0.25, 0.3) is 0 Å². The van der Waals surface area contributed by atoms with E-state index >= 15 is 0 Å². The lowest BCUT2D eigenvalue weighted by Gasteiger charge is -1.98. The number of hydrogen-bond donors (Lipinski definition) is 1. The lowest BCUT2D eigenvalue weighted by molar-refractivity contribution is 0.921. The van der Waals surface area contributed by atoms with Gasteiger partial charge in [-0.05, 0) is 41.3 Å². The van der Waals surface area contributed by atoms with E-state index in [0.29, 0.717) is 11.7 Å². The molecular weight excluding hydrogens is 274 g/mol. The molecule has 0 atom stereocenters. The summed E-state index contributed by atoms with van der Waals surface area (Å²) < 4.78 is 1.10. The van der Waals surface area contributed by atoms with Gasteiger partial charge in [0.1, 0.15) is 5.15 Å². The summed E-state index contributed by atoms with van der Waals surface area (Å²) in [5.74, 6) is 0. The molecular formula is C7H8ClIN2. The molecule has 0 saturated carbocycles. The van der Waals surface area contributed by atoms with E-state index in [1.165, 1.54) is 0 Å². The highest BCUT2D eigenvalue weighted by molar-refractivity contribution is 14.1. The minimum Gasteiger partial charge on any atom is -0.330 e. The van der Waals surface area contributed by atoms with Crippen molar-refractivity contribution in [2.45, 2.75) is 6.42 Å². The molecule has 2 N–H and O–H groups in total. The molecule has 1 aromatic rings. The second kappa shape index (κ2) is 4.23. The third-order valence-electron chi connectivity index (χ3n) is 1.21. The monoisotopic (exact) mass is 282 g/mol. The fourth-order valence-corrected chi connectivity index (χ4v) is 1.86. The second-order valence-corrected chi connectivity index (χ2v) is 3.77. The number of halogens is 2. The summed E-state index contributed by atoms with van der Waals surface area (Å²) in [6.45, 7) is 0.615. The number of nitrogens with two attached hydrogens (primary N) is 1. The molecule has 11 heavy (non-hydrogen) atoms. The summed E-state index contributed by atoms with van der Waals surface area (Å²) in [6, 6.07) is 3.81. The van der Waals surface area contributed by atoms with Gasteiger partial charge in [0.15, 0.2) is 0 Å². The quantitative estimate of drug-likeness (QED) is 0.664. The molecule has 0 aliphatic carbocycles. The van der Waals surface area contributed by atoms with Crippen LogP contribution in [0.1, 0.15) is 5.69 Å². The summed E-state index contributed by atoms with van der Waals surface area (Å²) in [4.78, 5) is 4.10. The molecule has 0 radical (unpaired) electrons. The van der Waals surface area contributed by atoms with Crippen molar-refractivity contribution in [1.82, 2.24) is 4.98 Å². The van der Waals surface area contributed by atoms with Crippen LogP contribution in [-0.4, -0.2) is 11.5 Å². The van der Waals surface area contributed by atoms with Gasteiger partial charge < -0.3 is 5.73 Å². The second-order valence-electron chi connectivity index (χ2n) is 2.14. The van der Waals surface area contributed by atoms with Gasteiger partial charge in [-0.25, -0.2) is 4.98 Å². The van der Waals surface area contributed by atoms with Crippen LogP contribution in [0, 0.1) is 3.57 Å². The molecule has 0 aliphatic heterocycles. The third-order valence-corrected chi connectivity index (χ3v) is 2.03. The van der Waals surface area contributed by atoms with Gasteiger partial charge >= 0.3 is 0 Å². The third kappa shape index (κ3) is 2.92. The van der Waals surface area contributed by atoms with E-state index < -0.39 is 0 Å². The van der Waals surface area contributed by atoms with Crippen LogP contribution < -0.4 is 5.73 Å². The Bertz CT molecular complexity index is 232. The molecule has 60 valence electrons. The minimum atomic E-state index is 0.542. The predicted octanol–water partition coefficient (Wildman–Crippen LogP) is 1.84. The van der Waals surface area contributed by atoms with Crippen LogP contribution in [0.4, 0.5) is 0 Å². The van der Waals surface area contributed by atoms with Crippen LogP contribution in [0.25, 0.3) is 0 Å². The number of nitrogens with zero attached hydrogens (tertiary/aromatic N) is 1. The fourth-order valence-electron chi connectivity index (χ4n) is 0.792. The van der Waals surface area contributed by atoms with E-state index in [4.69, 9.17) is 17.3 Å². The number of aromatic nitrogens is 1. The standard InChI is InChI=1S/C7H8ClIN2/c8-7-4-5(9)3-6(11-7)1-2-10/h3-4H,1-2,10H2. The first-order valence-corrected chi connectivity index (χ1v) is 4.70. The Hall–Kier alpha value is 0.130. The molecule has 0 bridgehead atoms. The zero-order chi connectivity index (χ0) is 8.27. The van der Waals surface area contributed by atoms with E-state index in [2.05, 4.69) is 27.6 Å². The predicted molar refractivity (Wildman–Crippen MR) is 54.7 cm³/mol. The number of rotatable bonds is 2. The first-order valence-electron chi connectivity index (χ1n) is 3.24. The van der Waals surface area contributed by atoms with Crippen LogP contribution in [0.15, 0.2) is 12.1 Å². The normalized spacial score (nSPS) is 10.1. The fraction of sp³-hybridized carbons (Fsp3) is 0.286. The summed E-state index contributed by atoms with van der Waals surface area (Å²) in [6.07, 6.45) is 0.788. The lowest BCUT2D eigenvalue weighted by Crippen LogP contribution is -2.04. The number of pyridine rings is 1. The van der Waals surface area contributed by atoms with Crippen molar-refractivity contribution in [1.29, 1.82) is 0 Å². The van der Waals surface area contributed by atoms with Gasteiger partial charge in [0.2, 0.25) is 0 Å². The highest BCUT2D eigenvalue weighted by atomic mass is 127. The maximum absolute atomic E-state index is 5.73. The molecule has 0 spiro atoms. The summed E-state index contributed by atoms with van der Waals surface area (Å²) >= 11 is 7.93. The van der Waals surface area contributed by atoms with Gasteiger partial charge in [-0.3, -0.25) is 0 Å². The van der Waals surface area contributed by atoms with Gasteiger partial charge in [0, 0.05) is 15.7 Å². The maximum Gasteiger partial charge on any atom is 0.130 e. The van der Waals surface area contributed by atoms with Crippen LogP contribution in [0.2, 0.25) is 5.15 Å². The Kier molecular flexibility index (Phi) is 3.54. The average Bonchev–Trinajstić information content (AvgIpc) is 1.85. The van der Waals surface area contributed by atoms with Gasteiger partial charge in [0.05, 0.1) is 0 Å². The Labute approximate surface area is 84.3 Å². The van der Waals surface area contributed by atoms with E-state index in [0.717, 1.165) is 15.7 Å². The molecule has 1 aromatic heterocycles. The zero-order valence-electron chi connectivity index (χ0n) is 5.85. The molecule has 0 unspecified atom stereocenters. The van der Waals surface area contributed by atoms with Crippen molar-refractivity contribution < 1.29 is 0 Å². The van der Waals surface area contributed by atoms with Crippen molar-refractivity contribution in [3.63, 3.8) is 0 Å². The number of hydrogen-bond acceptors (Lipinski definition) is 2. The Morgan fingerprint density at radius 2 is 2.27 bits per heavy atom. The molecule has 1 heterocycles. The van der Waals surface area contributed by atoms with Crippen molar-refractivity contribution in [2.24, 2.45) is 5.73 Å². The molecule has 4 heteroatoms. The Balaban J connectivity index is 2.89. The molecule has 0 saturated heterocycles. The summed E-state index contributed by atoms with van der Waals surface area (Å²) in [5, 5.41) is 0.542. The van der Waals surface area contributed by atoms with Crippen molar-refractivity contribution >= 4 is 34.2 Å². The van der Waals surface area contributed by atoms with Crippen LogP contribution in [0.5, 0.6) is 0 Å². The summed E-state index contributed by atoms with van der Waals surface area (Å²) in [7, 11) is 0. The molecule has 0 fully saturated rings.